The average Bonchev–Trinajstić information content (AvgIpc) is 2.71. The van der Waals surface area contributed by atoms with Crippen LogP contribution in [0.4, 0.5) is 0 Å². The Morgan fingerprint density at radius 1 is 1.03 bits per heavy atom. The van der Waals surface area contributed by atoms with E-state index in [9.17, 15) is 9.59 Å². The molecule has 0 saturated heterocycles. The quantitative estimate of drug-likeness (QED) is 0.447. The van der Waals surface area contributed by atoms with Gasteiger partial charge in [-0.15, -0.1) is 11.8 Å². The van der Waals surface area contributed by atoms with Crippen LogP contribution in [0.1, 0.15) is 24.5 Å². The molecule has 2 amide bonds. The molecule has 2 rings (SSSR count). The molecule has 2 aromatic carbocycles. The summed E-state index contributed by atoms with van der Waals surface area (Å²) in [6, 6.07) is 9.88. The van der Waals surface area contributed by atoms with Gasteiger partial charge in [0, 0.05) is 29.4 Å². The molecule has 1 atom stereocenters. The monoisotopic (exact) mass is 506 g/mol. The summed E-state index contributed by atoms with van der Waals surface area (Å²) in [6.45, 7) is 2.12. The molecule has 2 aromatic rings. The van der Waals surface area contributed by atoms with E-state index < -0.39 is 6.04 Å². The van der Waals surface area contributed by atoms with Crippen LogP contribution in [0.5, 0.6) is 0 Å². The number of nitrogens with zero attached hydrogens (tertiary/aromatic N) is 1. The van der Waals surface area contributed by atoms with Gasteiger partial charge in [0.05, 0.1) is 15.8 Å². The molecule has 0 aliphatic rings. The molecule has 30 heavy (non-hydrogen) atoms. The predicted molar refractivity (Wildman–Crippen MR) is 128 cm³/mol. The molecule has 4 nitrogen and oxygen atoms in total. The van der Waals surface area contributed by atoms with Crippen LogP contribution in [0, 0.1) is 0 Å². The first-order chi connectivity index (χ1) is 14.3. The van der Waals surface area contributed by atoms with Crippen LogP contribution >= 0.6 is 58.2 Å². The zero-order valence-electron chi connectivity index (χ0n) is 16.6. The van der Waals surface area contributed by atoms with E-state index in [0.29, 0.717) is 32.3 Å². The number of hydrogen-bond acceptors (Lipinski definition) is 3. The highest BCUT2D eigenvalue weighted by molar-refractivity contribution is 7.99. The van der Waals surface area contributed by atoms with Crippen LogP contribution in [0.25, 0.3) is 0 Å². The maximum Gasteiger partial charge on any atom is 0.242 e. The lowest BCUT2D eigenvalue weighted by molar-refractivity contribution is -0.139. The summed E-state index contributed by atoms with van der Waals surface area (Å²) < 4.78 is 0. The number of rotatable bonds is 9. The summed E-state index contributed by atoms with van der Waals surface area (Å²) in [5.41, 5.74) is 1.69. The number of amides is 2. The van der Waals surface area contributed by atoms with Gasteiger partial charge in [-0.2, -0.15) is 0 Å². The van der Waals surface area contributed by atoms with E-state index in [0.717, 1.165) is 11.1 Å². The summed E-state index contributed by atoms with van der Waals surface area (Å²) in [6.07, 6.45) is 0.487. The summed E-state index contributed by atoms with van der Waals surface area (Å²) in [4.78, 5) is 27.0. The van der Waals surface area contributed by atoms with Crippen LogP contribution in [0.3, 0.4) is 0 Å². The molecule has 9 heteroatoms. The fourth-order valence-corrected chi connectivity index (χ4v) is 4.68. The first kappa shape index (κ1) is 25.2. The summed E-state index contributed by atoms with van der Waals surface area (Å²) >= 11 is 25.7. The van der Waals surface area contributed by atoms with Crippen molar-refractivity contribution >= 4 is 70.0 Å². The van der Waals surface area contributed by atoms with Gasteiger partial charge in [-0.3, -0.25) is 9.59 Å². The molecule has 1 N–H and O–H groups in total. The standard InChI is InChI=1S/C21H22Cl4N2O2S/c1-3-19(21(29)26-2)27(10-13-4-7-16(23)18(25)8-13)20(28)12-30-11-14-5-6-15(22)9-17(14)24/h4-9,19H,3,10-12H2,1-2H3,(H,26,29)/t19-/m0/s1. The smallest absolute Gasteiger partial charge is 0.242 e. The zero-order valence-corrected chi connectivity index (χ0v) is 20.4. The van der Waals surface area contributed by atoms with Crippen molar-refractivity contribution in [3.63, 3.8) is 0 Å². The third kappa shape index (κ3) is 6.96. The molecule has 0 spiro atoms. The van der Waals surface area contributed by atoms with Crippen molar-refractivity contribution in [2.75, 3.05) is 12.8 Å². The van der Waals surface area contributed by atoms with Crippen molar-refractivity contribution < 1.29 is 9.59 Å². The van der Waals surface area contributed by atoms with Crippen LogP contribution < -0.4 is 5.32 Å². The molecule has 0 radical (unpaired) electrons. The Bertz CT molecular complexity index is 911. The number of benzene rings is 2. The number of carbonyl (C=O) groups is 2. The Balaban J connectivity index is 2.14. The van der Waals surface area contributed by atoms with Gasteiger partial charge >= 0.3 is 0 Å². The van der Waals surface area contributed by atoms with E-state index in [4.69, 9.17) is 46.4 Å². The lowest BCUT2D eigenvalue weighted by Crippen LogP contribution is -2.48. The molecule has 0 aliphatic carbocycles. The van der Waals surface area contributed by atoms with Crippen molar-refractivity contribution in [1.29, 1.82) is 0 Å². The highest BCUT2D eigenvalue weighted by Gasteiger charge is 2.28. The van der Waals surface area contributed by atoms with Crippen LogP contribution in [0.2, 0.25) is 20.1 Å². The molecule has 0 aromatic heterocycles. The normalized spacial score (nSPS) is 11.8. The predicted octanol–water partition coefficient (Wildman–Crippen LogP) is 6.09. The van der Waals surface area contributed by atoms with E-state index in [1.54, 1.807) is 42.3 Å². The van der Waals surface area contributed by atoms with E-state index in [2.05, 4.69) is 5.32 Å². The molecular formula is C21H22Cl4N2O2S. The summed E-state index contributed by atoms with van der Waals surface area (Å²) in [5, 5.41) is 4.60. The number of thioether (sulfide) groups is 1. The molecular weight excluding hydrogens is 486 g/mol. The van der Waals surface area contributed by atoms with E-state index in [1.807, 2.05) is 13.0 Å². The van der Waals surface area contributed by atoms with Crippen LogP contribution in [-0.4, -0.2) is 35.6 Å². The lowest BCUT2D eigenvalue weighted by Gasteiger charge is -2.30. The minimum atomic E-state index is -0.586. The van der Waals surface area contributed by atoms with Gasteiger partial charge < -0.3 is 10.2 Å². The van der Waals surface area contributed by atoms with E-state index in [-0.39, 0.29) is 24.1 Å². The fraction of sp³-hybridized carbons (Fsp3) is 0.333. The highest BCUT2D eigenvalue weighted by atomic mass is 35.5. The van der Waals surface area contributed by atoms with Crippen molar-refractivity contribution in [2.24, 2.45) is 0 Å². The Morgan fingerprint density at radius 3 is 2.37 bits per heavy atom. The Hall–Kier alpha value is -1.11. The first-order valence-corrected chi connectivity index (χ1v) is 11.9. The number of halogens is 4. The topological polar surface area (TPSA) is 49.4 Å². The van der Waals surface area contributed by atoms with Crippen molar-refractivity contribution in [3.05, 3.63) is 67.6 Å². The van der Waals surface area contributed by atoms with Crippen molar-refractivity contribution in [2.45, 2.75) is 31.7 Å². The number of carbonyl (C=O) groups excluding carboxylic acids is 2. The van der Waals surface area contributed by atoms with Gasteiger partial charge in [-0.05, 0) is 41.8 Å². The van der Waals surface area contributed by atoms with Crippen molar-refractivity contribution in [3.8, 4) is 0 Å². The Kier molecular flexibility index (Phi) is 10.1. The van der Waals surface area contributed by atoms with Gasteiger partial charge in [0.25, 0.3) is 0 Å². The second-order valence-electron chi connectivity index (χ2n) is 6.54. The van der Waals surface area contributed by atoms with Crippen LogP contribution in [-0.2, 0) is 21.9 Å². The zero-order chi connectivity index (χ0) is 22.3. The summed E-state index contributed by atoms with van der Waals surface area (Å²) in [7, 11) is 1.56. The largest absolute Gasteiger partial charge is 0.357 e. The third-order valence-electron chi connectivity index (χ3n) is 4.47. The van der Waals surface area contributed by atoms with Gasteiger partial charge in [-0.1, -0.05) is 65.5 Å². The second-order valence-corrected chi connectivity index (χ2v) is 9.18. The van der Waals surface area contributed by atoms with Crippen LogP contribution in [0.15, 0.2) is 36.4 Å². The first-order valence-electron chi connectivity index (χ1n) is 9.23. The highest BCUT2D eigenvalue weighted by Crippen LogP contribution is 2.26. The number of likely N-dealkylation sites (N-methyl/N-ethyl adjacent to an activating group) is 1. The molecule has 0 saturated carbocycles. The van der Waals surface area contributed by atoms with Gasteiger partial charge in [0.1, 0.15) is 6.04 Å². The minimum Gasteiger partial charge on any atom is -0.357 e. The SMILES string of the molecule is CC[C@@H](C(=O)NC)N(Cc1ccc(Cl)c(Cl)c1)C(=O)CSCc1ccc(Cl)cc1Cl. The molecule has 0 fully saturated rings. The summed E-state index contributed by atoms with van der Waals surface area (Å²) in [5.74, 6) is 0.399. The van der Waals surface area contributed by atoms with E-state index in [1.165, 1.54) is 11.8 Å². The number of nitrogens with one attached hydrogen (secondary N) is 1. The van der Waals surface area contributed by atoms with E-state index >= 15 is 0 Å². The van der Waals surface area contributed by atoms with Crippen molar-refractivity contribution in [1.82, 2.24) is 10.2 Å². The fourth-order valence-electron chi connectivity index (χ4n) is 2.89. The molecule has 0 heterocycles. The third-order valence-corrected chi connectivity index (χ3v) is 6.76. The molecule has 0 aliphatic heterocycles. The molecule has 0 bridgehead atoms. The van der Waals surface area contributed by atoms with Gasteiger partial charge in [0.15, 0.2) is 0 Å². The molecule has 0 unspecified atom stereocenters. The maximum atomic E-state index is 13.1. The minimum absolute atomic E-state index is 0.147. The average molecular weight is 508 g/mol. The second kappa shape index (κ2) is 12.1. The lowest BCUT2D eigenvalue weighted by atomic mass is 10.1. The Labute approximate surface area is 201 Å². The maximum absolute atomic E-state index is 13.1. The van der Waals surface area contributed by atoms with Gasteiger partial charge in [0.2, 0.25) is 11.8 Å². The Morgan fingerprint density at radius 2 is 1.77 bits per heavy atom. The molecule has 162 valence electrons. The van der Waals surface area contributed by atoms with Gasteiger partial charge in [-0.25, -0.2) is 0 Å². The number of hydrogen-bond donors (Lipinski definition) is 1.